The first-order chi connectivity index (χ1) is 11.9. The van der Waals surface area contributed by atoms with E-state index in [1.807, 2.05) is 36.4 Å². The van der Waals surface area contributed by atoms with E-state index in [-0.39, 0.29) is 16.8 Å². The molecule has 3 N–H and O–H groups in total. The van der Waals surface area contributed by atoms with Crippen LogP contribution in [0.2, 0.25) is 0 Å². The molecular weight excluding hydrogens is 468 g/mol. The van der Waals surface area contributed by atoms with Crippen molar-refractivity contribution in [1.29, 1.82) is 0 Å². The van der Waals surface area contributed by atoms with Gasteiger partial charge in [-0.15, -0.1) is 0 Å². The molecule has 0 spiro atoms. The summed E-state index contributed by atoms with van der Waals surface area (Å²) in [5.74, 6) is -0.197. The van der Waals surface area contributed by atoms with Gasteiger partial charge < -0.3 is 10.4 Å². The second-order valence-corrected chi connectivity index (χ2v) is 7.38. The number of amides is 1. The number of carbonyl (C=O) groups excluding carboxylic acids is 1. The van der Waals surface area contributed by atoms with E-state index in [9.17, 15) is 9.90 Å². The predicted octanol–water partition coefficient (Wildman–Crippen LogP) is 5.20. The van der Waals surface area contributed by atoms with Crippen LogP contribution in [0.3, 0.4) is 0 Å². The largest absolute Gasteiger partial charge is 0.506 e. The topological polar surface area (TPSA) is 61.4 Å². The highest BCUT2D eigenvalue weighted by atomic mass is 79.9. The van der Waals surface area contributed by atoms with Gasteiger partial charge >= 0.3 is 0 Å². The van der Waals surface area contributed by atoms with E-state index >= 15 is 0 Å². The van der Waals surface area contributed by atoms with E-state index in [2.05, 4.69) is 42.5 Å². The lowest BCUT2D eigenvalue weighted by atomic mass is 10.1. The number of thiocarbonyl (C=S) groups is 1. The van der Waals surface area contributed by atoms with Crippen LogP contribution in [-0.2, 0) is 0 Å². The third kappa shape index (κ3) is 4.18. The number of anilines is 1. The van der Waals surface area contributed by atoms with Gasteiger partial charge in [-0.1, -0.05) is 30.3 Å². The van der Waals surface area contributed by atoms with E-state index < -0.39 is 0 Å². The van der Waals surface area contributed by atoms with Crippen LogP contribution in [0.1, 0.15) is 10.4 Å². The first-order valence-corrected chi connectivity index (χ1v) is 9.22. The Hall–Kier alpha value is -1.96. The molecule has 0 aromatic heterocycles. The van der Waals surface area contributed by atoms with Crippen molar-refractivity contribution in [2.24, 2.45) is 0 Å². The molecule has 0 unspecified atom stereocenters. The van der Waals surface area contributed by atoms with Crippen LogP contribution in [0.4, 0.5) is 5.69 Å². The SMILES string of the molecule is O=C(NC(=S)Nc1cc(Br)c(O)c(Br)c1)c1ccc2ccccc2c1. The first kappa shape index (κ1) is 17.8. The van der Waals surface area contributed by atoms with Crippen molar-refractivity contribution in [2.45, 2.75) is 0 Å². The van der Waals surface area contributed by atoms with Crippen molar-refractivity contribution in [3.8, 4) is 5.75 Å². The maximum atomic E-state index is 12.4. The number of hydrogen-bond donors (Lipinski definition) is 3. The molecule has 126 valence electrons. The molecule has 0 aliphatic rings. The molecule has 3 aromatic rings. The van der Waals surface area contributed by atoms with Crippen molar-refractivity contribution in [3.63, 3.8) is 0 Å². The highest BCUT2D eigenvalue weighted by molar-refractivity contribution is 9.11. The lowest BCUT2D eigenvalue weighted by Crippen LogP contribution is -2.34. The molecule has 4 nitrogen and oxygen atoms in total. The predicted molar refractivity (Wildman–Crippen MR) is 111 cm³/mol. The highest BCUT2D eigenvalue weighted by Gasteiger charge is 2.11. The number of phenols is 1. The third-order valence-corrected chi connectivity index (χ3v) is 4.93. The lowest BCUT2D eigenvalue weighted by Gasteiger charge is -2.11. The van der Waals surface area contributed by atoms with Crippen LogP contribution in [0.25, 0.3) is 10.8 Å². The smallest absolute Gasteiger partial charge is 0.257 e. The fraction of sp³-hybridized carbons (Fsp3) is 0. The number of hydrogen-bond acceptors (Lipinski definition) is 3. The van der Waals surface area contributed by atoms with Gasteiger partial charge in [0, 0.05) is 11.3 Å². The average Bonchev–Trinajstić information content (AvgIpc) is 2.59. The summed E-state index contributed by atoms with van der Waals surface area (Å²) >= 11 is 11.7. The molecular formula is C18H12Br2N2O2S. The van der Waals surface area contributed by atoms with Gasteiger partial charge in [0.15, 0.2) is 5.11 Å². The Bertz CT molecular complexity index is 969. The van der Waals surface area contributed by atoms with Crippen molar-refractivity contribution in [1.82, 2.24) is 5.32 Å². The molecule has 0 aliphatic heterocycles. The average molecular weight is 480 g/mol. The number of benzene rings is 3. The van der Waals surface area contributed by atoms with Gasteiger partial charge in [-0.3, -0.25) is 10.1 Å². The summed E-state index contributed by atoms with van der Waals surface area (Å²) < 4.78 is 1.01. The van der Waals surface area contributed by atoms with Gasteiger partial charge in [-0.05, 0) is 79.1 Å². The zero-order chi connectivity index (χ0) is 18.0. The maximum absolute atomic E-state index is 12.4. The summed E-state index contributed by atoms with van der Waals surface area (Å²) in [6.07, 6.45) is 0. The van der Waals surface area contributed by atoms with Gasteiger partial charge in [-0.2, -0.15) is 0 Å². The molecule has 0 fully saturated rings. The number of nitrogens with one attached hydrogen (secondary N) is 2. The standard InChI is InChI=1S/C18H12Br2N2O2S/c19-14-8-13(9-15(20)16(14)23)21-18(25)22-17(24)12-6-5-10-3-1-2-4-11(10)7-12/h1-9,23H,(H2,21,22,24,25). The molecule has 0 saturated carbocycles. The van der Waals surface area contributed by atoms with Crippen molar-refractivity contribution >= 4 is 71.6 Å². The molecule has 0 atom stereocenters. The molecule has 0 heterocycles. The zero-order valence-electron chi connectivity index (χ0n) is 12.7. The van der Waals surface area contributed by atoms with Crippen molar-refractivity contribution in [3.05, 3.63) is 69.1 Å². The Morgan fingerprint density at radius 2 is 1.60 bits per heavy atom. The molecule has 3 rings (SSSR count). The number of carbonyl (C=O) groups is 1. The Morgan fingerprint density at radius 3 is 2.28 bits per heavy atom. The zero-order valence-corrected chi connectivity index (χ0v) is 16.7. The van der Waals surface area contributed by atoms with E-state index in [4.69, 9.17) is 12.2 Å². The van der Waals surface area contributed by atoms with Gasteiger partial charge in [0.2, 0.25) is 0 Å². The van der Waals surface area contributed by atoms with Gasteiger partial charge in [0.1, 0.15) is 5.75 Å². The molecule has 0 radical (unpaired) electrons. The molecule has 0 bridgehead atoms. The van der Waals surface area contributed by atoms with Gasteiger partial charge in [0.25, 0.3) is 5.91 Å². The van der Waals surface area contributed by atoms with Gasteiger partial charge in [-0.25, -0.2) is 0 Å². The van der Waals surface area contributed by atoms with Crippen LogP contribution in [0.15, 0.2) is 63.5 Å². The Balaban J connectivity index is 1.72. The van der Waals surface area contributed by atoms with Gasteiger partial charge in [0.05, 0.1) is 8.95 Å². The Kier molecular flexibility index (Phi) is 5.36. The number of halogens is 2. The fourth-order valence-corrected chi connectivity index (χ4v) is 3.70. The van der Waals surface area contributed by atoms with Crippen LogP contribution in [0, 0.1) is 0 Å². The molecule has 0 saturated heterocycles. The molecule has 0 aliphatic carbocycles. The monoisotopic (exact) mass is 478 g/mol. The summed E-state index contributed by atoms with van der Waals surface area (Å²) in [6, 6.07) is 16.6. The van der Waals surface area contributed by atoms with Crippen LogP contribution >= 0.6 is 44.1 Å². The quantitative estimate of drug-likeness (QED) is 0.349. The number of rotatable bonds is 2. The summed E-state index contributed by atoms with van der Waals surface area (Å²) in [5, 5.41) is 17.5. The highest BCUT2D eigenvalue weighted by Crippen LogP contribution is 2.35. The van der Waals surface area contributed by atoms with Crippen LogP contribution in [0.5, 0.6) is 5.75 Å². The Morgan fingerprint density at radius 1 is 0.960 bits per heavy atom. The molecule has 25 heavy (non-hydrogen) atoms. The molecule has 7 heteroatoms. The van der Waals surface area contributed by atoms with Crippen LogP contribution in [-0.4, -0.2) is 16.1 Å². The van der Waals surface area contributed by atoms with E-state index in [1.165, 1.54) is 0 Å². The van der Waals surface area contributed by atoms with Crippen molar-refractivity contribution < 1.29 is 9.90 Å². The third-order valence-electron chi connectivity index (χ3n) is 3.51. The van der Waals surface area contributed by atoms with E-state index in [0.29, 0.717) is 20.2 Å². The summed E-state index contributed by atoms with van der Waals surface area (Å²) in [5.41, 5.74) is 1.15. The summed E-state index contributed by atoms with van der Waals surface area (Å²) in [7, 11) is 0. The minimum Gasteiger partial charge on any atom is -0.506 e. The summed E-state index contributed by atoms with van der Waals surface area (Å²) in [4.78, 5) is 12.4. The molecule has 3 aromatic carbocycles. The van der Waals surface area contributed by atoms with Crippen LogP contribution < -0.4 is 10.6 Å². The lowest BCUT2D eigenvalue weighted by molar-refractivity contribution is 0.0978. The molecule has 1 amide bonds. The fourth-order valence-electron chi connectivity index (χ4n) is 2.31. The van der Waals surface area contributed by atoms with E-state index in [1.54, 1.807) is 18.2 Å². The summed E-state index contributed by atoms with van der Waals surface area (Å²) in [6.45, 7) is 0. The normalized spacial score (nSPS) is 10.5. The number of fused-ring (bicyclic) bond motifs is 1. The minimum absolute atomic E-state index is 0.0941. The second-order valence-electron chi connectivity index (χ2n) is 5.26. The first-order valence-electron chi connectivity index (χ1n) is 7.23. The number of phenolic OH excluding ortho intramolecular Hbond substituents is 1. The maximum Gasteiger partial charge on any atom is 0.257 e. The van der Waals surface area contributed by atoms with Crippen molar-refractivity contribution in [2.75, 3.05) is 5.32 Å². The van der Waals surface area contributed by atoms with E-state index in [0.717, 1.165) is 10.8 Å². The minimum atomic E-state index is -0.292. The Labute approximate surface area is 166 Å². The second kappa shape index (κ2) is 7.51. The number of aromatic hydroxyl groups is 1.